The Kier molecular flexibility index (Phi) is 4.46. The average Bonchev–Trinajstić information content (AvgIpc) is 2.74. The van der Waals surface area contributed by atoms with E-state index in [0.717, 1.165) is 11.3 Å². The van der Waals surface area contributed by atoms with Gasteiger partial charge in [-0.05, 0) is 13.0 Å². The van der Waals surface area contributed by atoms with Crippen molar-refractivity contribution >= 4 is 61.6 Å². The Hall–Kier alpha value is -1.70. The lowest BCUT2D eigenvalue weighted by molar-refractivity contribution is 0.100. The number of hydrogen-bond acceptors (Lipinski definition) is 5. The van der Waals surface area contributed by atoms with Crippen LogP contribution in [0.5, 0.6) is 5.75 Å². The highest BCUT2D eigenvalue weighted by Gasteiger charge is 2.23. The lowest BCUT2D eigenvalue weighted by Crippen LogP contribution is -2.17. The van der Waals surface area contributed by atoms with Gasteiger partial charge in [0.1, 0.15) is 10.0 Å². The third-order valence-electron chi connectivity index (χ3n) is 2.59. The predicted octanol–water partition coefficient (Wildman–Crippen LogP) is 3.58. The van der Waals surface area contributed by atoms with Crippen LogP contribution in [0.25, 0.3) is 10.1 Å². The van der Waals surface area contributed by atoms with E-state index in [1.807, 2.05) is 0 Å². The summed E-state index contributed by atoms with van der Waals surface area (Å²) in [6, 6.07) is 1.37. The van der Waals surface area contributed by atoms with E-state index in [-0.39, 0.29) is 33.0 Å². The molecule has 21 heavy (non-hydrogen) atoms. The highest BCUT2D eigenvalue weighted by molar-refractivity contribution is 7.24. The van der Waals surface area contributed by atoms with Crippen molar-refractivity contribution in [1.82, 2.24) is 0 Å². The molecule has 0 saturated heterocycles. The number of primary amides is 1. The van der Waals surface area contributed by atoms with Crippen LogP contribution in [0.15, 0.2) is 6.07 Å². The second kappa shape index (κ2) is 5.97. The molecular weight excluding hydrogens is 339 g/mol. The van der Waals surface area contributed by atoms with E-state index >= 15 is 0 Å². The molecule has 0 unspecified atom stereocenters. The number of nitrogens with two attached hydrogens (primary N) is 1. The summed E-state index contributed by atoms with van der Waals surface area (Å²) in [5, 5.41) is 12.6. The Bertz CT molecular complexity index is 745. The fourth-order valence-corrected chi connectivity index (χ4v) is 3.42. The highest BCUT2D eigenvalue weighted by Crippen LogP contribution is 2.46. The molecule has 0 fully saturated rings. The molecular formula is C12H10Cl2N2O4S. The Morgan fingerprint density at radius 2 is 2.14 bits per heavy atom. The van der Waals surface area contributed by atoms with Crippen LogP contribution in [0.4, 0.5) is 9.80 Å². The van der Waals surface area contributed by atoms with Gasteiger partial charge in [0.2, 0.25) is 0 Å². The third-order valence-corrected chi connectivity index (χ3v) is 4.49. The number of phenols is 1. The minimum absolute atomic E-state index is 0.0121. The molecule has 0 bridgehead atoms. The molecule has 0 aliphatic rings. The van der Waals surface area contributed by atoms with Gasteiger partial charge in [0.25, 0.3) is 5.91 Å². The van der Waals surface area contributed by atoms with Crippen LogP contribution in [0, 0.1) is 0 Å². The average molecular weight is 349 g/mol. The van der Waals surface area contributed by atoms with Crippen molar-refractivity contribution in [3.8, 4) is 5.75 Å². The predicted molar refractivity (Wildman–Crippen MR) is 82.7 cm³/mol. The zero-order valence-corrected chi connectivity index (χ0v) is 13.0. The fraction of sp³-hybridized carbons (Fsp3) is 0.167. The molecule has 0 aliphatic carbocycles. The highest BCUT2D eigenvalue weighted by atomic mass is 35.5. The Morgan fingerprint density at radius 3 is 2.71 bits per heavy atom. The molecule has 1 heterocycles. The van der Waals surface area contributed by atoms with E-state index in [0.29, 0.717) is 10.1 Å². The third kappa shape index (κ3) is 2.85. The number of nitrogens with one attached hydrogen (secondary N) is 1. The van der Waals surface area contributed by atoms with E-state index in [9.17, 15) is 14.7 Å². The van der Waals surface area contributed by atoms with E-state index in [4.69, 9.17) is 33.7 Å². The quantitative estimate of drug-likeness (QED) is 0.788. The van der Waals surface area contributed by atoms with Crippen molar-refractivity contribution in [3.63, 3.8) is 0 Å². The van der Waals surface area contributed by atoms with Crippen molar-refractivity contribution in [3.05, 3.63) is 21.7 Å². The van der Waals surface area contributed by atoms with Crippen molar-refractivity contribution < 1.29 is 19.4 Å². The SMILES string of the molecule is CCOC(=O)Nc1sc2c(Cl)c(O)c(Cl)cc2c1C(N)=O. The van der Waals surface area contributed by atoms with Crippen LogP contribution in [0.2, 0.25) is 10.0 Å². The summed E-state index contributed by atoms with van der Waals surface area (Å²) < 4.78 is 5.14. The number of amides is 2. The first kappa shape index (κ1) is 15.7. The first-order chi connectivity index (χ1) is 9.86. The lowest BCUT2D eigenvalue weighted by atomic mass is 10.1. The standard InChI is InChI=1S/C12H10Cl2N2O4S/c1-2-20-12(19)16-11-6(10(15)18)4-3-5(13)8(17)7(14)9(4)21-11/h3,17H,2H2,1H3,(H2,15,18)(H,16,19). The zero-order chi connectivity index (χ0) is 15.7. The maximum absolute atomic E-state index is 11.6. The monoisotopic (exact) mass is 348 g/mol. The number of thiophene rings is 1. The lowest BCUT2D eigenvalue weighted by Gasteiger charge is -2.04. The van der Waals surface area contributed by atoms with Crippen LogP contribution < -0.4 is 11.1 Å². The largest absolute Gasteiger partial charge is 0.505 e. The smallest absolute Gasteiger partial charge is 0.412 e. The minimum Gasteiger partial charge on any atom is -0.505 e. The van der Waals surface area contributed by atoms with Gasteiger partial charge in [0, 0.05) is 5.39 Å². The number of phenolic OH excluding ortho intramolecular Hbond substituents is 1. The van der Waals surface area contributed by atoms with Crippen LogP contribution >= 0.6 is 34.5 Å². The van der Waals surface area contributed by atoms with Crippen LogP contribution in [-0.4, -0.2) is 23.7 Å². The normalized spacial score (nSPS) is 10.6. The molecule has 0 spiro atoms. The second-order valence-electron chi connectivity index (χ2n) is 3.91. The van der Waals surface area contributed by atoms with E-state index in [2.05, 4.69) is 5.32 Å². The number of hydrogen-bond donors (Lipinski definition) is 3. The molecule has 4 N–H and O–H groups in total. The second-order valence-corrected chi connectivity index (χ2v) is 5.72. The number of fused-ring (bicyclic) bond motifs is 1. The summed E-state index contributed by atoms with van der Waals surface area (Å²) in [5.41, 5.74) is 5.40. The Morgan fingerprint density at radius 1 is 1.48 bits per heavy atom. The molecule has 0 radical (unpaired) electrons. The first-order valence-electron chi connectivity index (χ1n) is 5.73. The van der Waals surface area contributed by atoms with Gasteiger partial charge >= 0.3 is 6.09 Å². The molecule has 9 heteroatoms. The molecule has 6 nitrogen and oxygen atoms in total. The number of benzene rings is 1. The number of carbonyl (C=O) groups is 2. The van der Waals surface area contributed by atoms with E-state index in [1.165, 1.54) is 6.07 Å². The van der Waals surface area contributed by atoms with Gasteiger partial charge in [-0.3, -0.25) is 10.1 Å². The minimum atomic E-state index is -0.758. The number of ether oxygens (including phenoxy) is 1. The molecule has 0 atom stereocenters. The van der Waals surface area contributed by atoms with Crippen molar-refractivity contribution in [2.24, 2.45) is 5.73 Å². The fourth-order valence-electron chi connectivity index (χ4n) is 1.74. The van der Waals surface area contributed by atoms with Crippen LogP contribution in [0.3, 0.4) is 0 Å². The van der Waals surface area contributed by atoms with Crippen molar-refractivity contribution in [2.45, 2.75) is 6.92 Å². The summed E-state index contributed by atoms with van der Waals surface area (Å²) in [6.07, 6.45) is -0.724. The van der Waals surface area contributed by atoms with E-state index in [1.54, 1.807) is 6.92 Å². The van der Waals surface area contributed by atoms with Gasteiger partial charge in [-0.15, -0.1) is 11.3 Å². The summed E-state index contributed by atoms with van der Waals surface area (Å²) in [6.45, 7) is 1.82. The number of rotatable bonds is 3. The number of aromatic hydroxyl groups is 1. The molecule has 0 aliphatic heterocycles. The first-order valence-corrected chi connectivity index (χ1v) is 7.31. The molecule has 0 saturated carbocycles. The molecule has 1 aromatic carbocycles. The van der Waals surface area contributed by atoms with Crippen LogP contribution in [0.1, 0.15) is 17.3 Å². The van der Waals surface area contributed by atoms with Gasteiger partial charge in [0.15, 0.2) is 5.75 Å². The number of halogens is 2. The molecule has 2 aromatic rings. The molecule has 2 amide bonds. The van der Waals surface area contributed by atoms with Gasteiger partial charge < -0.3 is 15.6 Å². The maximum Gasteiger partial charge on any atom is 0.412 e. The summed E-state index contributed by atoms with van der Waals surface area (Å²) >= 11 is 12.8. The number of anilines is 1. The summed E-state index contributed by atoms with van der Waals surface area (Å²) in [7, 11) is 0. The Balaban J connectivity index is 2.66. The maximum atomic E-state index is 11.6. The van der Waals surface area contributed by atoms with E-state index < -0.39 is 12.0 Å². The van der Waals surface area contributed by atoms with Crippen molar-refractivity contribution in [2.75, 3.05) is 11.9 Å². The summed E-state index contributed by atoms with van der Waals surface area (Å²) in [4.78, 5) is 23.1. The van der Waals surface area contributed by atoms with Gasteiger partial charge in [-0.2, -0.15) is 0 Å². The zero-order valence-electron chi connectivity index (χ0n) is 10.7. The number of carbonyl (C=O) groups excluding carboxylic acids is 2. The van der Waals surface area contributed by atoms with Gasteiger partial charge in [0.05, 0.1) is 21.9 Å². The van der Waals surface area contributed by atoms with Crippen molar-refractivity contribution in [1.29, 1.82) is 0 Å². The molecule has 2 rings (SSSR count). The molecule has 1 aromatic heterocycles. The van der Waals surface area contributed by atoms with Gasteiger partial charge in [-0.25, -0.2) is 4.79 Å². The summed E-state index contributed by atoms with van der Waals surface area (Å²) in [5.74, 6) is -1.06. The Labute approximate surface area is 133 Å². The topological polar surface area (TPSA) is 102 Å². The van der Waals surface area contributed by atoms with Crippen LogP contribution in [-0.2, 0) is 4.74 Å². The van der Waals surface area contributed by atoms with Gasteiger partial charge in [-0.1, -0.05) is 23.2 Å². The molecule has 112 valence electrons.